The van der Waals surface area contributed by atoms with E-state index in [0.29, 0.717) is 17.5 Å². The second kappa shape index (κ2) is 5.23. The van der Waals surface area contributed by atoms with Crippen LogP contribution in [0.1, 0.15) is 53.0 Å². The smallest absolute Gasteiger partial charge is 0.354 e. The van der Waals surface area contributed by atoms with Crippen molar-refractivity contribution in [2.24, 2.45) is 5.92 Å². The van der Waals surface area contributed by atoms with Gasteiger partial charge in [0.1, 0.15) is 5.69 Å². The van der Waals surface area contributed by atoms with Crippen molar-refractivity contribution >= 4 is 11.9 Å². The van der Waals surface area contributed by atoms with E-state index in [0.717, 1.165) is 19.4 Å². The first-order valence-corrected chi connectivity index (χ1v) is 7.17. The molecule has 5 nitrogen and oxygen atoms in total. The molecule has 2 aliphatic rings. The highest BCUT2D eigenvalue weighted by molar-refractivity contribution is 5.97. The normalized spacial score (nSPS) is 22.6. The summed E-state index contributed by atoms with van der Waals surface area (Å²) < 4.78 is 0. The van der Waals surface area contributed by atoms with Crippen LogP contribution >= 0.6 is 0 Å². The number of aromatic carboxylic acids is 1. The van der Waals surface area contributed by atoms with Gasteiger partial charge < -0.3 is 10.0 Å². The molecule has 0 spiro atoms. The number of carbonyl (C=O) groups excluding carboxylic acids is 1. The summed E-state index contributed by atoms with van der Waals surface area (Å²) in [6.07, 6.45) is 7.21. The Morgan fingerprint density at radius 1 is 1.25 bits per heavy atom. The van der Waals surface area contributed by atoms with Crippen molar-refractivity contribution < 1.29 is 14.7 Å². The molecule has 1 unspecified atom stereocenters. The number of likely N-dealkylation sites (tertiary alicyclic amines) is 1. The van der Waals surface area contributed by atoms with Gasteiger partial charge in [-0.05, 0) is 43.7 Å². The Balaban J connectivity index is 1.80. The zero-order chi connectivity index (χ0) is 14.1. The van der Waals surface area contributed by atoms with E-state index in [2.05, 4.69) is 4.98 Å². The summed E-state index contributed by atoms with van der Waals surface area (Å²) in [6, 6.07) is 3.32. The van der Waals surface area contributed by atoms with Crippen LogP contribution in [0.5, 0.6) is 0 Å². The highest BCUT2D eigenvalue weighted by Crippen LogP contribution is 2.37. The van der Waals surface area contributed by atoms with Gasteiger partial charge >= 0.3 is 5.97 Å². The van der Waals surface area contributed by atoms with Crippen LogP contribution in [0.3, 0.4) is 0 Å². The van der Waals surface area contributed by atoms with Crippen LogP contribution in [0.25, 0.3) is 0 Å². The van der Waals surface area contributed by atoms with E-state index < -0.39 is 5.97 Å². The molecule has 1 aliphatic heterocycles. The Hall–Kier alpha value is -1.91. The Kier molecular flexibility index (Phi) is 3.42. The summed E-state index contributed by atoms with van der Waals surface area (Å²) >= 11 is 0. The molecule has 2 heterocycles. The van der Waals surface area contributed by atoms with E-state index in [-0.39, 0.29) is 11.6 Å². The number of rotatable bonds is 3. The van der Waals surface area contributed by atoms with Crippen LogP contribution in [0.2, 0.25) is 0 Å². The number of carbonyl (C=O) groups is 2. The first-order chi connectivity index (χ1) is 9.66. The van der Waals surface area contributed by atoms with Crippen molar-refractivity contribution in [1.29, 1.82) is 0 Å². The van der Waals surface area contributed by atoms with Crippen LogP contribution in [-0.4, -0.2) is 39.5 Å². The van der Waals surface area contributed by atoms with Gasteiger partial charge in [-0.25, -0.2) is 9.78 Å². The van der Waals surface area contributed by atoms with Crippen LogP contribution in [-0.2, 0) is 0 Å². The van der Waals surface area contributed by atoms with Gasteiger partial charge in [0.15, 0.2) is 0 Å². The fraction of sp³-hybridized carbons (Fsp3) is 0.533. The fourth-order valence-electron chi connectivity index (χ4n) is 3.21. The SMILES string of the molecule is O=C(O)c1cc(C(=O)N2CCCC2C2CCC2)ccn1. The highest BCUT2D eigenvalue weighted by atomic mass is 16.4. The number of pyridine rings is 1. The van der Waals surface area contributed by atoms with Gasteiger partial charge in [-0.2, -0.15) is 0 Å². The molecule has 1 saturated carbocycles. The lowest BCUT2D eigenvalue weighted by Crippen LogP contribution is -2.42. The first kappa shape index (κ1) is 13.1. The van der Waals surface area contributed by atoms with Gasteiger partial charge in [-0.1, -0.05) is 6.42 Å². The predicted octanol–water partition coefficient (Wildman–Crippen LogP) is 2.18. The van der Waals surface area contributed by atoms with Crippen molar-refractivity contribution in [3.63, 3.8) is 0 Å². The van der Waals surface area contributed by atoms with Gasteiger partial charge in [0.05, 0.1) is 0 Å². The maximum Gasteiger partial charge on any atom is 0.354 e. The minimum absolute atomic E-state index is 0.0516. The lowest BCUT2D eigenvalue weighted by Gasteiger charge is -2.37. The topological polar surface area (TPSA) is 70.5 Å². The summed E-state index contributed by atoms with van der Waals surface area (Å²) in [5, 5.41) is 8.96. The molecule has 3 rings (SSSR count). The van der Waals surface area contributed by atoms with Crippen molar-refractivity contribution in [3.8, 4) is 0 Å². The molecule has 5 heteroatoms. The van der Waals surface area contributed by atoms with Crippen LogP contribution < -0.4 is 0 Å². The minimum Gasteiger partial charge on any atom is -0.477 e. The van der Waals surface area contributed by atoms with Gasteiger partial charge in [-0.3, -0.25) is 4.79 Å². The summed E-state index contributed by atoms with van der Waals surface area (Å²) in [5.74, 6) is -0.511. The second-order valence-corrected chi connectivity index (χ2v) is 5.63. The number of carboxylic acids is 1. The van der Waals surface area contributed by atoms with Crippen molar-refractivity contribution in [3.05, 3.63) is 29.6 Å². The fourth-order valence-corrected chi connectivity index (χ4v) is 3.21. The molecule has 1 atom stereocenters. The second-order valence-electron chi connectivity index (χ2n) is 5.63. The van der Waals surface area contributed by atoms with Crippen molar-refractivity contribution in [2.45, 2.75) is 38.1 Å². The summed E-state index contributed by atoms with van der Waals surface area (Å²) in [6.45, 7) is 0.782. The Bertz CT molecular complexity index is 540. The molecule has 0 radical (unpaired) electrons. The average Bonchev–Trinajstić information content (AvgIpc) is 2.85. The molecule has 2 fully saturated rings. The molecule has 20 heavy (non-hydrogen) atoms. The lowest BCUT2D eigenvalue weighted by molar-refractivity contribution is 0.0626. The van der Waals surface area contributed by atoms with Gasteiger partial charge in [-0.15, -0.1) is 0 Å². The Morgan fingerprint density at radius 2 is 2.05 bits per heavy atom. The van der Waals surface area contributed by atoms with E-state index in [1.165, 1.54) is 31.5 Å². The number of amides is 1. The molecule has 0 aromatic carbocycles. The molecule has 106 valence electrons. The third-order valence-electron chi connectivity index (χ3n) is 4.48. The summed E-state index contributed by atoms with van der Waals surface area (Å²) in [7, 11) is 0. The van der Waals surface area contributed by atoms with E-state index in [4.69, 9.17) is 5.11 Å². The molecule has 1 N–H and O–H groups in total. The number of nitrogens with zero attached hydrogens (tertiary/aromatic N) is 2. The summed E-state index contributed by atoms with van der Waals surface area (Å²) in [5.41, 5.74) is 0.360. The average molecular weight is 274 g/mol. The molecule has 1 amide bonds. The molecule has 1 aliphatic carbocycles. The monoisotopic (exact) mass is 274 g/mol. The minimum atomic E-state index is -1.10. The number of hydrogen-bond donors (Lipinski definition) is 1. The van der Waals surface area contributed by atoms with E-state index in [9.17, 15) is 9.59 Å². The molecular weight excluding hydrogens is 256 g/mol. The lowest BCUT2D eigenvalue weighted by atomic mass is 9.78. The van der Waals surface area contributed by atoms with Crippen molar-refractivity contribution in [2.75, 3.05) is 6.54 Å². The maximum absolute atomic E-state index is 12.6. The van der Waals surface area contributed by atoms with Crippen LogP contribution in [0.15, 0.2) is 18.3 Å². The van der Waals surface area contributed by atoms with E-state index in [1.807, 2.05) is 4.90 Å². The van der Waals surface area contributed by atoms with Crippen LogP contribution in [0.4, 0.5) is 0 Å². The van der Waals surface area contributed by atoms with Gasteiger partial charge in [0, 0.05) is 24.3 Å². The zero-order valence-electron chi connectivity index (χ0n) is 11.3. The number of aromatic nitrogens is 1. The largest absolute Gasteiger partial charge is 0.477 e. The van der Waals surface area contributed by atoms with Crippen molar-refractivity contribution in [1.82, 2.24) is 9.88 Å². The Labute approximate surface area is 117 Å². The highest BCUT2D eigenvalue weighted by Gasteiger charge is 2.37. The van der Waals surface area contributed by atoms with E-state index >= 15 is 0 Å². The zero-order valence-corrected chi connectivity index (χ0v) is 11.3. The number of carboxylic acid groups (broad SMARTS) is 1. The van der Waals surface area contributed by atoms with E-state index in [1.54, 1.807) is 6.07 Å². The van der Waals surface area contributed by atoms with Gasteiger partial charge in [0.2, 0.25) is 0 Å². The molecule has 0 bridgehead atoms. The molecule has 1 aromatic rings. The quantitative estimate of drug-likeness (QED) is 0.917. The predicted molar refractivity (Wildman–Crippen MR) is 72.6 cm³/mol. The molecule has 1 aromatic heterocycles. The maximum atomic E-state index is 12.6. The first-order valence-electron chi connectivity index (χ1n) is 7.17. The molecule has 1 saturated heterocycles. The van der Waals surface area contributed by atoms with Crippen LogP contribution in [0, 0.1) is 5.92 Å². The third kappa shape index (κ3) is 2.28. The Morgan fingerprint density at radius 3 is 2.70 bits per heavy atom. The standard InChI is InChI=1S/C15H18N2O3/c18-14(11-6-7-16-12(9-11)15(19)20)17-8-2-5-13(17)10-3-1-4-10/h6-7,9-10,13H,1-5,8H2,(H,19,20). The number of hydrogen-bond acceptors (Lipinski definition) is 3. The molecular formula is C15H18N2O3. The third-order valence-corrected chi connectivity index (χ3v) is 4.48. The van der Waals surface area contributed by atoms with Gasteiger partial charge in [0.25, 0.3) is 5.91 Å². The summed E-state index contributed by atoms with van der Waals surface area (Å²) in [4.78, 5) is 29.2.